The van der Waals surface area contributed by atoms with E-state index in [1.165, 1.54) is 0 Å². The first-order chi connectivity index (χ1) is 19.9. The molecule has 0 spiro atoms. The molecule has 2 bridgehead atoms. The monoisotopic (exact) mass is 742 g/mol. The second-order valence-corrected chi connectivity index (χ2v) is 15.9. The molecule has 0 amide bonds. The summed E-state index contributed by atoms with van der Waals surface area (Å²) in [6.45, 7) is 7.34. The molecule has 0 aliphatic carbocycles. The molecular formula is C26H48N4O9P3Y. The minimum Gasteiger partial charge on any atom is -0.778 e. The summed E-state index contributed by atoms with van der Waals surface area (Å²) in [4.78, 5) is 48.0. The Morgan fingerprint density at radius 1 is 0.651 bits per heavy atom. The smallest absolute Gasteiger partial charge is 0.778 e. The van der Waals surface area contributed by atoms with Gasteiger partial charge in [0.1, 0.15) is 22.8 Å². The summed E-state index contributed by atoms with van der Waals surface area (Å²) in [6.07, 6.45) is 3.15. The van der Waals surface area contributed by atoms with E-state index in [2.05, 4.69) is 4.98 Å². The molecule has 1 aliphatic heterocycles. The van der Waals surface area contributed by atoms with Crippen molar-refractivity contribution < 1.29 is 74.7 Å². The van der Waals surface area contributed by atoms with Crippen molar-refractivity contribution in [1.82, 2.24) is 19.7 Å². The topological polar surface area (TPSA) is 171 Å². The SMILES string of the molecule is CCCCOP(=O)([O-])CN1CCN(CP(=O)([O-])OCCCC)Cc2cccc(n2)CN(CP(=O)([O-])OCCCC)CC1.[Y+3]. The maximum atomic E-state index is 12.8. The van der Waals surface area contributed by atoms with Gasteiger partial charge in [-0.1, -0.05) is 46.1 Å². The van der Waals surface area contributed by atoms with Crippen LogP contribution in [0.1, 0.15) is 70.7 Å². The molecule has 0 radical (unpaired) electrons. The molecule has 1 aliphatic rings. The molecule has 3 unspecified atom stereocenters. The van der Waals surface area contributed by atoms with Crippen LogP contribution in [0.5, 0.6) is 0 Å². The van der Waals surface area contributed by atoms with Crippen LogP contribution in [-0.2, 0) is 73.1 Å². The van der Waals surface area contributed by atoms with Gasteiger partial charge in [-0.3, -0.25) is 19.7 Å². The normalized spacial score (nSPS) is 20.1. The zero-order valence-electron chi connectivity index (χ0n) is 25.8. The zero-order valence-corrected chi connectivity index (χ0v) is 31.4. The van der Waals surface area contributed by atoms with Gasteiger partial charge in [-0.05, 0) is 31.4 Å². The van der Waals surface area contributed by atoms with Crippen molar-refractivity contribution in [3.05, 3.63) is 29.6 Å². The summed E-state index contributed by atoms with van der Waals surface area (Å²) in [5.74, 6) is 0. The van der Waals surface area contributed by atoms with Crippen LogP contribution in [-0.4, -0.2) is 84.5 Å². The van der Waals surface area contributed by atoms with Crippen LogP contribution in [0.2, 0.25) is 0 Å². The average Bonchev–Trinajstić information content (AvgIpc) is 2.89. The van der Waals surface area contributed by atoms with Crippen LogP contribution >= 0.6 is 22.8 Å². The molecule has 0 aromatic carbocycles. The minimum atomic E-state index is -4.24. The van der Waals surface area contributed by atoms with Gasteiger partial charge < -0.3 is 41.9 Å². The third-order valence-electron chi connectivity index (χ3n) is 6.58. The van der Waals surface area contributed by atoms with Crippen molar-refractivity contribution in [2.75, 3.05) is 64.9 Å². The van der Waals surface area contributed by atoms with E-state index >= 15 is 0 Å². The summed E-state index contributed by atoms with van der Waals surface area (Å²) in [7, 11) is -12.6. The van der Waals surface area contributed by atoms with Gasteiger partial charge in [-0.15, -0.1) is 0 Å². The predicted octanol–water partition coefficient (Wildman–Crippen LogP) is 2.98. The first kappa shape index (κ1) is 41.6. The van der Waals surface area contributed by atoms with Gasteiger partial charge in [0.15, 0.2) is 0 Å². The molecular weight excluding hydrogens is 694 g/mol. The van der Waals surface area contributed by atoms with Crippen LogP contribution < -0.4 is 14.7 Å². The van der Waals surface area contributed by atoms with Crippen molar-refractivity contribution >= 4 is 22.8 Å². The average molecular weight is 743 g/mol. The van der Waals surface area contributed by atoms with E-state index in [0.29, 0.717) is 30.7 Å². The third kappa shape index (κ3) is 18.5. The quantitative estimate of drug-likeness (QED) is 0.159. The molecule has 13 nitrogen and oxygen atoms in total. The molecule has 1 aromatic rings. The van der Waals surface area contributed by atoms with Gasteiger partial charge >= 0.3 is 32.7 Å². The maximum Gasteiger partial charge on any atom is 3.00 e. The van der Waals surface area contributed by atoms with Crippen molar-refractivity contribution in [2.24, 2.45) is 0 Å². The summed E-state index contributed by atoms with van der Waals surface area (Å²) in [5.41, 5.74) is 1.21. The molecule has 0 saturated carbocycles. The van der Waals surface area contributed by atoms with Crippen molar-refractivity contribution in [1.29, 1.82) is 0 Å². The van der Waals surface area contributed by atoms with E-state index < -0.39 is 22.8 Å². The predicted molar refractivity (Wildman–Crippen MR) is 157 cm³/mol. The molecule has 2 heterocycles. The van der Waals surface area contributed by atoms with Crippen LogP contribution in [0, 0.1) is 0 Å². The van der Waals surface area contributed by atoms with Crippen molar-refractivity contribution in [2.45, 2.75) is 72.4 Å². The van der Waals surface area contributed by atoms with E-state index in [-0.39, 0.29) is 111 Å². The number of unbranched alkanes of at least 4 members (excludes halogenated alkanes) is 3. The fraction of sp³-hybridized carbons (Fsp3) is 0.808. The summed E-state index contributed by atoms with van der Waals surface area (Å²) < 4.78 is 53.9. The Balaban J connectivity index is 0.00000924. The summed E-state index contributed by atoms with van der Waals surface area (Å²) >= 11 is 0. The number of hydrogen-bond acceptors (Lipinski definition) is 13. The van der Waals surface area contributed by atoms with Crippen LogP contribution in [0.25, 0.3) is 0 Å². The molecule has 0 saturated heterocycles. The fourth-order valence-corrected chi connectivity index (χ4v) is 7.99. The number of hydrogen-bond donors (Lipinski definition) is 0. The van der Waals surface area contributed by atoms with Gasteiger partial charge in [0, 0.05) is 39.3 Å². The second kappa shape index (κ2) is 21.5. The van der Waals surface area contributed by atoms with Crippen molar-refractivity contribution in [3.63, 3.8) is 0 Å². The first-order valence-corrected chi connectivity index (χ1v) is 20.0. The Morgan fingerprint density at radius 3 is 1.33 bits per heavy atom. The number of pyridine rings is 1. The Bertz CT molecular complexity index is 1010. The van der Waals surface area contributed by atoms with Gasteiger partial charge in [-0.25, -0.2) is 0 Å². The van der Waals surface area contributed by atoms with E-state index in [0.717, 1.165) is 19.3 Å². The Kier molecular flexibility index (Phi) is 20.8. The molecule has 0 fully saturated rings. The van der Waals surface area contributed by atoms with Crippen LogP contribution in [0.15, 0.2) is 18.2 Å². The fourth-order valence-electron chi connectivity index (χ4n) is 4.28. The number of rotatable bonds is 18. The third-order valence-corrected chi connectivity index (χ3v) is 10.5. The number of aromatic nitrogens is 1. The van der Waals surface area contributed by atoms with E-state index in [1.54, 1.807) is 32.9 Å². The van der Waals surface area contributed by atoms with E-state index in [4.69, 9.17) is 13.6 Å². The molecule has 244 valence electrons. The molecule has 0 N–H and O–H groups in total. The maximum absolute atomic E-state index is 12.8. The first-order valence-electron chi connectivity index (χ1n) is 14.8. The number of nitrogens with zero attached hydrogens (tertiary/aromatic N) is 4. The van der Waals surface area contributed by atoms with Crippen molar-refractivity contribution in [3.8, 4) is 0 Å². The second-order valence-electron chi connectivity index (χ2n) is 10.7. The molecule has 3 atom stereocenters. The summed E-state index contributed by atoms with van der Waals surface area (Å²) in [5, 5.41) is 0. The van der Waals surface area contributed by atoms with Crippen LogP contribution in [0.3, 0.4) is 0 Å². The van der Waals surface area contributed by atoms with Gasteiger partial charge in [0.25, 0.3) is 0 Å². The molecule has 1 aromatic heterocycles. The Labute approximate surface area is 282 Å². The Morgan fingerprint density at radius 2 is 0.977 bits per heavy atom. The molecule has 2 rings (SSSR count). The van der Waals surface area contributed by atoms with E-state index in [1.807, 2.05) is 20.8 Å². The zero-order chi connectivity index (χ0) is 31.1. The largest absolute Gasteiger partial charge is 3.00 e. The van der Waals surface area contributed by atoms with Gasteiger partial charge in [0.05, 0.1) is 50.1 Å². The molecule has 43 heavy (non-hydrogen) atoms. The minimum absolute atomic E-state index is 0. The van der Waals surface area contributed by atoms with Crippen LogP contribution in [0.4, 0.5) is 0 Å². The molecule has 17 heteroatoms. The Hall–Kier alpha value is 0.584. The summed E-state index contributed by atoms with van der Waals surface area (Å²) in [6, 6.07) is 5.35. The van der Waals surface area contributed by atoms with Gasteiger partial charge in [-0.2, -0.15) is 0 Å². The number of fused-ring (bicyclic) bond motifs is 2. The van der Waals surface area contributed by atoms with Gasteiger partial charge in [0.2, 0.25) is 0 Å². The standard InChI is InChI=1S/C26H51N4O9P3.Y/c1-4-7-17-37-40(31,32)22-28-13-15-29(23-41(33,34)38-18-8-5-2)20-25-11-10-12-26(27-25)21-30(16-14-28)24-42(35,36)39-19-9-6-3;/h10-12H,4-9,13-24H2,1-3H3,(H,31,32)(H,33,34)(H,35,36);/q;+3/p-3. The van der Waals surface area contributed by atoms with E-state index in [9.17, 15) is 28.4 Å².